The number of carbonyl (C=O) groups is 1. The Morgan fingerprint density at radius 2 is 2.25 bits per heavy atom. The van der Waals surface area contributed by atoms with E-state index in [1.165, 1.54) is 7.11 Å². The largest absolute Gasteiger partial charge is 0.469 e. The van der Waals surface area contributed by atoms with Gasteiger partial charge in [0, 0.05) is 5.57 Å². The van der Waals surface area contributed by atoms with E-state index in [2.05, 4.69) is 4.74 Å². The Hall–Kier alpha value is -1.30. The Bertz CT molecular complexity index is 223. The zero-order valence-corrected chi connectivity index (χ0v) is 7.63. The summed E-state index contributed by atoms with van der Waals surface area (Å²) in [5.74, 6) is -0.0900. The van der Waals surface area contributed by atoms with E-state index in [9.17, 15) is 4.79 Å². The van der Waals surface area contributed by atoms with Gasteiger partial charge in [0.1, 0.15) is 0 Å². The molecule has 66 valence electrons. The fourth-order valence-corrected chi connectivity index (χ4v) is 0.766. The monoisotopic (exact) mass is 167 g/mol. The van der Waals surface area contributed by atoms with Crippen molar-refractivity contribution in [3.63, 3.8) is 0 Å². The van der Waals surface area contributed by atoms with Crippen molar-refractivity contribution >= 4 is 5.97 Å². The molecular formula is C9H13NO2. The summed E-state index contributed by atoms with van der Waals surface area (Å²) in [5.41, 5.74) is 0.469. The maximum atomic E-state index is 10.7. The van der Waals surface area contributed by atoms with Gasteiger partial charge in [0.2, 0.25) is 0 Å². The molecule has 0 unspecified atom stereocenters. The average molecular weight is 167 g/mol. The molecule has 0 aliphatic heterocycles. The molecule has 0 saturated heterocycles. The number of nitrogens with zero attached hydrogens (tertiary/aromatic N) is 1. The quantitative estimate of drug-likeness (QED) is 0.474. The standard InChI is InChI=1S/C9H13NO2/c1-7(2)4-8(6-10)5-9(11)12-3/h4,7H,5H2,1-3H3/b8-4-. The molecule has 0 aliphatic rings. The maximum absolute atomic E-state index is 10.7. The number of carbonyl (C=O) groups excluding carboxylic acids is 1. The van der Waals surface area contributed by atoms with Crippen LogP contribution in [0.1, 0.15) is 20.3 Å². The van der Waals surface area contributed by atoms with Crippen LogP contribution < -0.4 is 0 Å². The summed E-state index contributed by atoms with van der Waals surface area (Å²) in [5, 5.41) is 8.59. The lowest BCUT2D eigenvalue weighted by Crippen LogP contribution is -2.01. The van der Waals surface area contributed by atoms with Gasteiger partial charge in [-0.1, -0.05) is 19.9 Å². The Morgan fingerprint density at radius 1 is 1.67 bits per heavy atom. The summed E-state index contributed by atoms with van der Waals surface area (Å²) in [4.78, 5) is 10.7. The van der Waals surface area contributed by atoms with Gasteiger partial charge in [0.25, 0.3) is 0 Å². The van der Waals surface area contributed by atoms with Crippen molar-refractivity contribution in [1.82, 2.24) is 0 Å². The van der Waals surface area contributed by atoms with Crippen LogP contribution in [0.4, 0.5) is 0 Å². The predicted molar refractivity (Wildman–Crippen MR) is 45.2 cm³/mol. The number of rotatable bonds is 3. The van der Waals surface area contributed by atoms with Gasteiger partial charge in [0.15, 0.2) is 0 Å². The third-order valence-electron chi connectivity index (χ3n) is 1.24. The molecule has 0 aromatic carbocycles. The molecule has 0 atom stereocenters. The predicted octanol–water partition coefficient (Wildman–Crippen LogP) is 1.66. The zero-order valence-electron chi connectivity index (χ0n) is 7.63. The van der Waals surface area contributed by atoms with E-state index in [1.54, 1.807) is 6.08 Å². The second kappa shape index (κ2) is 5.36. The van der Waals surface area contributed by atoms with Gasteiger partial charge in [-0.2, -0.15) is 5.26 Å². The molecule has 0 aromatic rings. The van der Waals surface area contributed by atoms with Crippen LogP contribution in [0.5, 0.6) is 0 Å². The lowest BCUT2D eigenvalue weighted by atomic mass is 10.1. The van der Waals surface area contributed by atoms with Crippen LogP contribution in [0.2, 0.25) is 0 Å². The van der Waals surface area contributed by atoms with E-state index in [4.69, 9.17) is 5.26 Å². The Labute approximate surface area is 72.6 Å². The van der Waals surface area contributed by atoms with Crippen LogP contribution in [0.15, 0.2) is 11.6 Å². The summed E-state index contributed by atoms with van der Waals surface area (Å²) in [6, 6.07) is 1.96. The molecule has 0 bridgehead atoms. The molecule has 0 aromatic heterocycles. The van der Waals surface area contributed by atoms with Crippen LogP contribution in [0.25, 0.3) is 0 Å². The lowest BCUT2D eigenvalue weighted by Gasteiger charge is -1.99. The van der Waals surface area contributed by atoms with Gasteiger partial charge in [-0.3, -0.25) is 4.79 Å². The van der Waals surface area contributed by atoms with Crippen LogP contribution in [0, 0.1) is 17.2 Å². The number of hydrogen-bond acceptors (Lipinski definition) is 3. The lowest BCUT2D eigenvalue weighted by molar-refractivity contribution is -0.139. The number of esters is 1. The van der Waals surface area contributed by atoms with E-state index in [-0.39, 0.29) is 18.3 Å². The van der Waals surface area contributed by atoms with Crippen molar-refractivity contribution in [2.24, 2.45) is 5.92 Å². The molecule has 12 heavy (non-hydrogen) atoms. The number of nitriles is 1. The highest BCUT2D eigenvalue weighted by molar-refractivity contribution is 5.73. The highest BCUT2D eigenvalue weighted by atomic mass is 16.5. The van der Waals surface area contributed by atoms with E-state index in [0.717, 1.165) is 0 Å². The Morgan fingerprint density at radius 3 is 2.58 bits per heavy atom. The van der Waals surface area contributed by atoms with Crippen molar-refractivity contribution in [2.75, 3.05) is 7.11 Å². The van der Waals surface area contributed by atoms with Gasteiger partial charge in [-0.25, -0.2) is 0 Å². The molecule has 0 heterocycles. The van der Waals surface area contributed by atoms with E-state index in [1.807, 2.05) is 19.9 Å². The summed E-state index contributed by atoms with van der Waals surface area (Å²) in [6.07, 6.45) is 1.84. The molecule has 0 spiro atoms. The smallest absolute Gasteiger partial charge is 0.310 e. The Balaban J connectivity index is 4.21. The molecule has 0 amide bonds. The summed E-state index contributed by atoms with van der Waals surface area (Å²) < 4.78 is 4.43. The summed E-state index contributed by atoms with van der Waals surface area (Å²) in [6.45, 7) is 3.91. The van der Waals surface area contributed by atoms with Gasteiger partial charge in [-0.15, -0.1) is 0 Å². The minimum atomic E-state index is -0.372. The van der Waals surface area contributed by atoms with E-state index in [0.29, 0.717) is 5.57 Å². The fourth-order valence-electron chi connectivity index (χ4n) is 0.766. The normalized spacial score (nSPS) is 11.1. The second-order valence-corrected chi connectivity index (χ2v) is 2.80. The third kappa shape index (κ3) is 4.51. The molecule has 0 saturated carbocycles. The molecule has 0 aliphatic carbocycles. The first-order valence-electron chi connectivity index (χ1n) is 3.77. The molecule has 3 heteroatoms. The van der Waals surface area contributed by atoms with E-state index < -0.39 is 0 Å². The maximum Gasteiger partial charge on any atom is 0.310 e. The Kier molecular flexibility index (Phi) is 4.78. The van der Waals surface area contributed by atoms with Gasteiger partial charge in [-0.05, 0) is 5.92 Å². The molecular weight excluding hydrogens is 154 g/mol. The highest BCUT2D eigenvalue weighted by Crippen LogP contribution is 2.06. The van der Waals surface area contributed by atoms with Gasteiger partial charge in [0.05, 0.1) is 19.6 Å². The fraction of sp³-hybridized carbons (Fsp3) is 0.556. The van der Waals surface area contributed by atoms with Crippen LogP contribution in [-0.2, 0) is 9.53 Å². The minimum absolute atomic E-state index is 0.0746. The highest BCUT2D eigenvalue weighted by Gasteiger charge is 2.05. The number of ether oxygens (including phenoxy) is 1. The van der Waals surface area contributed by atoms with Crippen molar-refractivity contribution < 1.29 is 9.53 Å². The van der Waals surface area contributed by atoms with Gasteiger partial charge < -0.3 is 4.74 Å². The van der Waals surface area contributed by atoms with Crippen molar-refractivity contribution in [3.05, 3.63) is 11.6 Å². The van der Waals surface area contributed by atoms with Crippen molar-refractivity contribution in [3.8, 4) is 6.07 Å². The first-order chi connectivity index (χ1) is 5.60. The molecule has 0 radical (unpaired) electrons. The molecule has 0 N–H and O–H groups in total. The van der Waals surface area contributed by atoms with E-state index >= 15 is 0 Å². The first-order valence-corrected chi connectivity index (χ1v) is 3.77. The number of allylic oxidation sites excluding steroid dienone is 1. The third-order valence-corrected chi connectivity index (χ3v) is 1.24. The molecule has 3 nitrogen and oxygen atoms in total. The molecule has 0 fully saturated rings. The van der Waals surface area contributed by atoms with Crippen LogP contribution in [0.3, 0.4) is 0 Å². The summed E-state index contributed by atoms with van der Waals surface area (Å²) in [7, 11) is 1.31. The first kappa shape index (κ1) is 10.7. The summed E-state index contributed by atoms with van der Waals surface area (Å²) >= 11 is 0. The van der Waals surface area contributed by atoms with Crippen LogP contribution >= 0.6 is 0 Å². The van der Waals surface area contributed by atoms with Crippen molar-refractivity contribution in [2.45, 2.75) is 20.3 Å². The topological polar surface area (TPSA) is 50.1 Å². The molecule has 0 rings (SSSR count). The number of methoxy groups -OCH3 is 1. The SMILES string of the molecule is COC(=O)C/C(C#N)=C/C(C)C. The van der Waals surface area contributed by atoms with Gasteiger partial charge >= 0.3 is 5.97 Å². The van der Waals surface area contributed by atoms with Crippen LogP contribution in [-0.4, -0.2) is 13.1 Å². The number of hydrogen-bond donors (Lipinski definition) is 0. The second-order valence-electron chi connectivity index (χ2n) is 2.80. The van der Waals surface area contributed by atoms with Crippen molar-refractivity contribution in [1.29, 1.82) is 5.26 Å². The minimum Gasteiger partial charge on any atom is -0.469 e. The zero-order chi connectivity index (χ0) is 9.56. The average Bonchev–Trinajstić information content (AvgIpc) is 2.02.